The van der Waals surface area contributed by atoms with E-state index in [-0.39, 0.29) is 22.2 Å². The van der Waals surface area contributed by atoms with Crippen LogP contribution in [0.25, 0.3) is 10.9 Å². The van der Waals surface area contributed by atoms with Crippen molar-refractivity contribution in [3.8, 4) is 5.75 Å². The van der Waals surface area contributed by atoms with Crippen molar-refractivity contribution in [3.63, 3.8) is 0 Å². The summed E-state index contributed by atoms with van der Waals surface area (Å²) in [4.78, 5) is 15.8. The molecule has 27 heavy (non-hydrogen) atoms. The number of nitrogens with zero attached hydrogens (tertiary/aromatic N) is 1. The molecule has 0 fully saturated rings. The molecular weight excluding hydrogens is 371 g/mol. The largest absolute Gasteiger partial charge is 0.497 e. The van der Waals surface area contributed by atoms with E-state index in [2.05, 4.69) is 4.98 Å². The van der Waals surface area contributed by atoms with Gasteiger partial charge in [0.25, 0.3) is 10.0 Å². The molecule has 0 bridgehead atoms. The lowest BCUT2D eigenvalue weighted by atomic mass is 10.1. The van der Waals surface area contributed by atoms with E-state index >= 15 is 0 Å². The molecule has 0 atom stereocenters. The van der Waals surface area contributed by atoms with Crippen LogP contribution in [0, 0.1) is 5.82 Å². The quantitative estimate of drug-likeness (QED) is 0.702. The van der Waals surface area contributed by atoms with Crippen molar-refractivity contribution in [1.29, 1.82) is 0 Å². The summed E-state index contributed by atoms with van der Waals surface area (Å²) in [7, 11) is -2.61. The van der Waals surface area contributed by atoms with Gasteiger partial charge in [0.1, 0.15) is 17.1 Å². The zero-order chi connectivity index (χ0) is 19.4. The highest BCUT2D eigenvalue weighted by Crippen LogP contribution is 2.23. The van der Waals surface area contributed by atoms with Crippen LogP contribution in [0.3, 0.4) is 0 Å². The Labute approximate surface area is 156 Å². The molecule has 0 aliphatic carbocycles. The van der Waals surface area contributed by atoms with E-state index in [0.717, 1.165) is 17.7 Å². The fourth-order valence-corrected chi connectivity index (χ4v) is 3.90. The molecule has 2 aromatic carbocycles. The van der Waals surface area contributed by atoms with E-state index < -0.39 is 21.7 Å². The van der Waals surface area contributed by atoms with Crippen LogP contribution in [-0.2, 0) is 21.2 Å². The Kier molecular flexibility index (Phi) is 5.36. The number of aryl methyl sites for hydroxylation is 1. The van der Waals surface area contributed by atoms with Crippen LogP contribution in [0.5, 0.6) is 5.75 Å². The van der Waals surface area contributed by atoms with Gasteiger partial charge in [-0.25, -0.2) is 17.5 Å². The number of methoxy groups -OCH3 is 1. The molecule has 3 aromatic rings. The summed E-state index contributed by atoms with van der Waals surface area (Å²) >= 11 is 0. The number of hydrogen-bond acceptors (Lipinski definition) is 5. The molecule has 0 saturated carbocycles. The van der Waals surface area contributed by atoms with Crippen LogP contribution >= 0.6 is 0 Å². The number of amides is 1. The predicted octanol–water partition coefficient (Wildman–Crippen LogP) is 2.82. The first-order chi connectivity index (χ1) is 12.9. The molecule has 140 valence electrons. The fourth-order valence-electron chi connectivity index (χ4n) is 2.69. The van der Waals surface area contributed by atoms with E-state index in [1.54, 1.807) is 25.3 Å². The fraction of sp³-hybridized carbons (Fsp3) is 0.158. The van der Waals surface area contributed by atoms with Crippen molar-refractivity contribution in [1.82, 2.24) is 9.71 Å². The number of carbonyl (C=O) groups is 1. The minimum Gasteiger partial charge on any atom is -0.497 e. The number of fused-ring (bicyclic) bond motifs is 1. The number of halogens is 1. The summed E-state index contributed by atoms with van der Waals surface area (Å²) in [5.74, 6) is -0.626. The highest BCUT2D eigenvalue weighted by Gasteiger charge is 2.21. The summed E-state index contributed by atoms with van der Waals surface area (Å²) in [6.07, 6.45) is 1.70. The summed E-state index contributed by atoms with van der Waals surface area (Å²) in [6, 6.07) is 12.3. The van der Waals surface area contributed by atoms with Gasteiger partial charge < -0.3 is 4.74 Å². The molecular formula is C19H17FN2O4S. The van der Waals surface area contributed by atoms with Gasteiger partial charge in [-0.15, -0.1) is 0 Å². The van der Waals surface area contributed by atoms with Gasteiger partial charge in [0.15, 0.2) is 0 Å². The summed E-state index contributed by atoms with van der Waals surface area (Å²) in [6.45, 7) is 0. The van der Waals surface area contributed by atoms with E-state index in [0.29, 0.717) is 12.2 Å². The molecule has 0 saturated heterocycles. The monoisotopic (exact) mass is 388 g/mol. The number of aromatic nitrogens is 1. The Morgan fingerprint density at radius 1 is 1.19 bits per heavy atom. The number of hydrogen-bond donors (Lipinski definition) is 1. The Balaban J connectivity index is 1.76. The van der Waals surface area contributed by atoms with Crippen LogP contribution in [0.2, 0.25) is 0 Å². The van der Waals surface area contributed by atoms with E-state index in [1.807, 2.05) is 10.8 Å². The van der Waals surface area contributed by atoms with Crippen LogP contribution in [0.4, 0.5) is 4.39 Å². The number of pyridine rings is 1. The van der Waals surface area contributed by atoms with Crippen molar-refractivity contribution < 1.29 is 22.3 Å². The molecule has 0 unspecified atom stereocenters. The predicted molar refractivity (Wildman–Crippen MR) is 98.3 cm³/mol. The Morgan fingerprint density at radius 3 is 2.78 bits per heavy atom. The van der Waals surface area contributed by atoms with E-state index in [9.17, 15) is 17.6 Å². The lowest BCUT2D eigenvalue weighted by Gasteiger charge is -2.10. The zero-order valence-corrected chi connectivity index (χ0v) is 15.3. The van der Waals surface area contributed by atoms with Gasteiger partial charge in [-0.1, -0.05) is 12.1 Å². The number of rotatable bonds is 6. The second kappa shape index (κ2) is 7.71. The topological polar surface area (TPSA) is 85.4 Å². The number of benzene rings is 2. The Hall–Kier alpha value is -3.00. The van der Waals surface area contributed by atoms with Crippen molar-refractivity contribution in [2.24, 2.45) is 0 Å². The minimum atomic E-state index is -4.15. The lowest BCUT2D eigenvalue weighted by molar-refractivity contribution is -0.119. The third-order valence-corrected chi connectivity index (χ3v) is 5.42. The van der Waals surface area contributed by atoms with Crippen molar-refractivity contribution in [2.45, 2.75) is 17.7 Å². The maximum absolute atomic E-state index is 13.8. The number of ether oxygens (including phenoxy) is 1. The summed E-state index contributed by atoms with van der Waals surface area (Å²) in [5, 5.41) is 0.116. The van der Waals surface area contributed by atoms with Gasteiger partial charge in [-0.05, 0) is 48.4 Å². The van der Waals surface area contributed by atoms with Gasteiger partial charge in [-0.2, -0.15) is 0 Å². The lowest BCUT2D eigenvalue weighted by Crippen LogP contribution is -2.31. The number of nitrogens with one attached hydrogen (secondary N) is 1. The molecule has 0 aliphatic heterocycles. The molecule has 0 spiro atoms. The Bertz CT molecular complexity index is 1100. The second-order valence-corrected chi connectivity index (χ2v) is 7.48. The van der Waals surface area contributed by atoms with Crippen LogP contribution in [0.15, 0.2) is 59.6 Å². The van der Waals surface area contributed by atoms with Gasteiger partial charge in [-0.3, -0.25) is 9.78 Å². The van der Waals surface area contributed by atoms with Crippen LogP contribution in [-0.4, -0.2) is 26.4 Å². The van der Waals surface area contributed by atoms with Crippen molar-refractivity contribution >= 4 is 26.8 Å². The van der Waals surface area contributed by atoms with Gasteiger partial charge in [0.05, 0.1) is 12.0 Å². The number of sulfonamides is 1. The maximum Gasteiger partial charge on any atom is 0.264 e. The normalized spacial score (nSPS) is 11.3. The van der Waals surface area contributed by atoms with Crippen LogP contribution in [0.1, 0.15) is 12.0 Å². The molecule has 0 aliphatic rings. The number of carbonyl (C=O) groups excluding carboxylic acids is 1. The summed E-state index contributed by atoms with van der Waals surface area (Å²) < 4.78 is 46.1. The third kappa shape index (κ3) is 4.22. The van der Waals surface area contributed by atoms with Gasteiger partial charge in [0, 0.05) is 18.0 Å². The first-order valence-electron chi connectivity index (χ1n) is 8.12. The first-order valence-corrected chi connectivity index (χ1v) is 9.61. The molecule has 1 amide bonds. The molecule has 8 heteroatoms. The minimum absolute atomic E-state index is 0.0240. The van der Waals surface area contributed by atoms with E-state index in [1.165, 1.54) is 18.3 Å². The van der Waals surface area contributed by atoms with E-state index in [4.69, 9.17) is 4.74 Å². The maximum atomic E-state index is 13.8. The average molecular weight is 388 g/mol. The molecule has 1 N–H and O–H groups in total. The molecule has 1 heterocycles. The third-order valence-electron chi connectivity index (χ3n) is 3.99. The molecule has 3 rings (SSSR count). The second-order valence-electron chi connectivity index (χ2n) is 5.83. The standard InChI is InChI=1S/C19H17FN2O4S/c1-26-14-5-2-4-13(12-14)7-10-18(23)22-27(24,25)17-9-8-16(20)19-15(17)6-3-11-21-19/h2-6,8-9,11-12H,7,10H2,1H3,(H,22,23). The van der Waals surface area contributed by atoms with Gasteiger partial charge in [0.2, 0.25) is 5.91 Å². The Morgan fingerprint density at radius 2 is 2.00 bits per heavy atom. The molecule has 0 radical (unpaired) electrons. The van der Waals surface area contributed by atoms with Crippen molar-refractivity contribution in [3.05, 3.63) is 66.1 Å². The van der Waals surface area contributed by atoms with Gasteiger partial charge >= 0.3 is 0 Å². The van der Waals surface area contributed by atoms with Crippen molar-refractivity contribution in [2.75, 3.05) is 7.11 Å². The highest BCUT2D eigenvalue weighted by molar-refractivity contribution is 7.90. The smallest absolute Gasteiger partial charge is 0.264 e. The highest BCUT2D eigenvalue weighted by atomic mass is 32.2. The zero-order valence-electron chi connectivity index (χ0n) is 14.5. The average Bonchev–Trinajstić information content (AvgIpc) is 2.66. The first kappa shape index (κ1) is 18.8. The molecule has 1 aromatic heterocycles. The summed E-state index contributed by atoms with van der Waals surface area (Å²) in [5.41, 5.74) is 0.780. The SMILES string of the molecule is COc1cccc(CCC(=O)NS(=O)(=O)c2ccc(F)c3ncccc23)c1. The molecule has 6 nitrogen and oxygen atoms in total. The van der Waals surface area contributed by atoms with Crippen LogP contribution < -0.4 is 9.46 Å².